The van der Waals surface area contributed by atoms with Gasteiger partial charge in [-0.1, -0.05) is 29.3 Å². The third-order valence-corrected chi connectivity index (χ3v) is 4.51. The number of halogens is 1. The van der Waals surface area contributed by atoms with Gasteiger partial charge >= 0.3 is 0 Å². The molecule has 0 aliphatic carbocycles. The van der Waals surface area contributed by atoms with E-state index in [9.17, 15) is 0 Å². The van der Waals surface area contributed by atoms with Crippen molar-refractivity contribution in [3.8, 4) is 0 Å². The fraction of sp³-hybridized carbons (Fsp3) is 0.533. The molecule has 104 valence electrons. The highest BCUT2D eigenvalue weighted by Crippen LogP contribution is 2.29. The van der Waals surface area contributed by atoms with Crippen LogP contribution in [0.25, 0.3) is 0 Å². The highest BCUT2D eigenvalue weighted by atomic mass is 79.9. The molecule has 3 N–H and O–H groups in total. The highest BCUT2D eigenvalue weighted by molar-refractivity contribution is 9.10. The van der Waals surface area contributed by atoms with Crippen molar-refractivity contribution in [1.29, 1.82) is 5.41 Å². The molecular weight excluding hydrogens is 302 g/mol. The number of anilines is 1. The maximum absolute atomic E-state index is 7.73. The normalized spacial score (nSPS) is 20.1. The number of nitrogen functional groups attached to an aromatic ring is 1. The molecule has 0 radical (unpaired) electrons. The highest BCUT2D eigenvalue weighted by Gasteiger charge is 2.19. The fourth-order valence-electron chi connectivity index (χ4n) is 2.81. The lowest BCUT2D eigenvalue weighted by Crippen LogP contribution is -2.27. The number of nitrogens with two attached hydrogens (primary N) is 1. The molecule has 1 heterocycles. The minimum atomic E-state index is 0.152. The minimum Gasteiger partial charge on any atom is -0.384 e. The van der Waals surface area contributed by atoms with Crippen LogP contribution in [0, 0.1) is 11.3 Å². The standard InChI is InChI=1S/C15H22BrN3/c1-2-11-4-3-8-19(9-7-11)14-10-12(16)5-6-13(14)15(17)18/h5-6,10-11H,2-4,7-9H2,1H3,(H3,17,18). The van der Waals surface area contributed by atoms with Crippen LogP contribution >= 0.6 is 15.9 Å². The number of hydrogen-bond acceptors (Lipinski definition) is 2. The first-order valence-corrected chi connectivity index (χ1v) is 7.80. The molecule has 1 aliphatic rings. The van der Waals surface area contributed by atoms with E-state index in [1.807, 2.05) is 12.1 Å². The third kappa shape index (κ3) is 3.50. The van der Waals surface area contributed by atoms with Gasteiger partial charge in [0.15, 0.2) is 0 Å². The largest absolute Gasteiger partial charge is 0.384 e. The van der Waals surface area contributed by atoms with Crippen LogP contribution in [0.4, 0.5) is 5.69 Å². The zero-order chi connectivity index (χ0) is 13.8. The van der Waals surface area contributed by atoms with Gasteiger partial charge in [-0.3, -0.25) is 5.41 Å². The Hall–Kier alpha value is -1.03. The fourth-order valence-corrected chi connectivity index (χ4v) is 3.16. The summed E-state index contributed by atoms with van der Waals surface area (Å²) in [6.07, 6.45) is 5.05. The molecule has 3 nitrogen and oxygen atoms in total. The van der Waals surface area contributed by atoms with Crippen LogP contribution in [0.3, 0.4) is 0 Å². The second kappa shape index (κ2) is 6.42. The van der Waals surface area contributed by atoms with Crippen LogP contribution in [-0.4, -0.2) is 18.9 Å². The van der Waals surface area contributed by atoms with Crippen molar-refractivity contribution in [3.05, 3.63) is 28.2 Å². The molecule has 19 heavy (non-hydrogen) atoms. The number of hydrogen-bond donors (Lipinski definition) is 2. The summed E-state index contributed by atoms with van der Waals surface area (Å²) >= 11 is 3.52. The molecule has 1 saturated heterocycles. The van der Waals surface area contributed by atoms with Crippen molar-refractivity contribution in [2.45, 2.75) is 32.6 Å². The number of amidine groups is 1. The molecule has 4 heteroatoms. The van der Waals surface area contributed by atoms with Gasteiger partial charge in [0.2, 0.25) is 0 Å². The van der Waals surface area contributed by atoms with E-state index in [0.29, 0.717) is 0 Å². The van der Waals surface area contributed by atoms with Gasteiger partial charge in [0.05, 0.1) is 0 Å². The Morgan fingerprint density at radius 3 is 2.89 bits per heavy atom. The summed E-state index contributed by atoms with van der Waals surface area (Å²) in [5.74, 6) is 0.997. The Morgan fingerprint density at radius 1 is 1.42 bits per heavy atom. The second-order valence-electron chi connectivity index (χ2n) is 5.27. The van der Waals surface area contributed by atoms with E-state index in [4.69, 9.17) is 11.1 Å². The summed E-state index contributed by atoms with van der Waals surface area (Å²) in [5, 5.41) is 7.73. The zero-order valence-electron chi connectivity index (χ0n) is 11.5. The van der Waals surface area contributed by atoms with Crippen LogP contribution in [0.2, 0.25) is 0 Å². The summed E-state index contributed by atoms with van der Waals surface area (Å²) in [5.41, 5.74) is 7.65. The molecule has 0 amide bonds. The molecule has 1 fully saturated rings. The number of benzene rings is 1. The molecule has 1 aromatic rings. The van der Waals surface area contributed by atoms with E-state index in [0.717, 1.165) is 34.7 Å². The maximum Gasteiger partial charge on any atom is 0.124 e. The van der Waals surface area contributed by atoms with Crippen LogP contribution in [0.5, 0.6) is 0 Å². The molecule has 1 aromatic carbocycles. The molecule has 0 aromatic heterocycles. The summed E-state index contributed by atoms with van der Waals surface area (Å²) in [4.78, 5) is 2.39. The molecule has 0 bridgehead atoms. The quantitative estimate of drug-likeness (QED) is 0.657. The molecule has 2 rings (SSSR count). The zero-order valence-corrected chi connectivity index (χ0v) is 13.0. The Labute approximate surface area is 123 Å². The van der Waals surface area contributed by atoms with Crippen LogP contribution < -0.4 is 10.6 Å². The number of rotatable bonds is 3. The third-order valence-electron chi connectivity index (χ3n) is 4.02. The van der Waals surface area contributed by atoms with Crippen molar-refractivity contribution in [2.75, 3.05) is 18.0 Å². The van der Waals surface area contributed by atoms with Gasteiger partial charge < -0.3 is 10.6 Å². The second-order valence-corrected chi connectivity index (χ2v) is 6.18. The van der Waals surface area contributed by atoms with E-state index in [2.05, 4.69) is 33.8 Å². The first-order chi connectivity index (χ1) is 9.11. The van der Waals surface area contributed by atoms with Crippen molar-refractivity contribution in [3.63, 3.8) is 0 Å². The van der Waals surface area contributed by atoms with E-state index in [-0.39, 0.29) is 5.84 Å². The lowest BCUT2D eigenvalue weighted by Gasteiger charge is -2.25. The van der Waals surface area contributed by atoms with Crippen LogP contribution in [0.15, 0.2) is 22.7 Å². The Balaban J connectivity index is 2.25. The first kappa shape index (κ1) is 14.4. The summed E-state index contributed by atoms with van der Waals surface area (Å²) < 4.78 is 1.05. The molecule has 0 spiro atoms. The van der Waals surface area contributed by atoms with Crippen LogP contribution in [-0.2, 0) is 0 Å². The predicted octanol–water partition coefficient (Wildman–Crippen LogP) is 3.75. The maximum atomic E-state index is 7.73. The van der Waals surface area contributed by atoms with Gasteiger partial charge in [-0.25, -0.2) is 0 Å². The van der Waals surface area contributed by atoms with E-state index < -0.39 is 0 Å². The molecule has 1 unspecified atom stereocenters. The number of nitrogens with zero attached hydrogens (tertiary/aromatic N) is 1. The van der Waals surface area contributed by atoms with Gasteiger partial charge in [-0.2, -0.15) is 0 Å². The predicted molar refractivity (Wildman–Crippen MR) is 85.0 cm³/mol. The monoisotopic (exact) mass is 323 g/mol. The van der Waals surface area contributed by atoms with E-state index >= 15 is 0 Å². The average molecular weight is 324 g/mol. The van der Waals surface area contributed by atoms with Crippen LogP contribution in [0.1, 0.15) is 38.2 Å². The number of nitrogens with one attached hydrogen (secondary N) is 1. The Morgan fingerprint density at radius 2 is 2.21 bits per heavy atom. The van der Waals surface area contributed by atoms with Crippen molar-refractivity contribution in [1.82, 2.24) is 0 Å². The SMILES string of the molecule is CCC1CCCN(c2cc(Br)ccc2C(=N)N)CC1. The molecule has 1 atom stereocenters. The van der Waals surface area contributed by atoms with Gasteiger partial charge in [-0.05, 0) is 43.4 Å². The molecule has 0 saturated carbocycles. The first-order valence-electron chi connectivity index (χ1n) is 7.00. The topological polar surface area (TPSA) is 53.1 Å². The lowest BCUT2D eigenvalue weighted by atomic mass is 9.98. The van der Waals surface area contributed by atoms with E-state index in [1.54, 1.807) is 0 Å². The molecular formula is C15H22BrN3. The average Bonchev–Trinajstić information content (AvgIpc) is 2.63. The molecule has 1 aliphatic heterocycles. The van der Waals surface area contributed by atoms with Crippen molar-refractivity contribution >= 4 is 27.5 Å². The van der Waals surface area contributed by atoms with E-state index in [1.165, 1.54) is 25.7 Å². The van der Waals surface area contributed by atoms with Gasteiger partial charge in [0, 0.05) is 28.8 Å². The summed E-state index contributed by atoms with van der Waals surface area (Å²) in [6, 6.07) is 5.97. The van der Waals surface area contributed by atoms with Gasteiger partial charge in [0.25, 0.3) is 0 Å². The Bertz CT molecular complexity index is 459. The summed E-state index contributed by atoms with van der Waals surface area (Å²) in [6.45, 7) is 4.41. The van der Waals surface area contributed by atoms with Gasteiger partial charge in [-0.15, -0.1) is 0 Å². The van der Waals surface area contributed by atoms with Gasteiger partial charge in [0.1, 0.15) is 5.84 Å². The lowest BCUT2D eigenvalue weighted by molar-refractivity contribution is 0.459. The minimum absolute atomic E-state index is 0.152. The van der Waals surface area contributed by atoms with Crippen molar-refractivity contribution < 1.29 is 0 Å². The Kier molecular flexibility index (Phi) is 4.86. The smallest absolute Gasteiger partial charge is 0.124 e. The van der Waals surface area contributed by atoms with Crippen molar-refractivity contribution in [2.24, 2.45) is 11.7 Å². The summed E-state index contributed by atoms with van der Waals surface area (Å²) in [7, 11) is 0.